The van der Waals surface area contributed by atoms with Gasteiger partial charge >= 0.3 is 18.1 Å². The SMILES string of the molecule is Cc1cnc(NC[N+]2(C(=O)C(F)(F)F)CCC(C)CC2)c(=O)n1CC(=O)O. The van der Waals surface area contributed by atoms with E-state index in [0.29, 0.717) is 18.5 Å². The number of carboxylic acids is 1. The maximum atomic E-state index is 13.1. The quantitative estimate of drug-likeness (QED) is 0.735. The third-order valence-electron chi connectivity index (χ3n) is 4.87. The van der Waals surface area contributed by atoms with E-state index >= 15 is 0 Å². The minimum absolute atomic E-state index is 0.00167. The zero-order chi connectivity index (χ0) is 20.4. The molecular formula is C16H22F3N4O4+. The molecule has 1 fully saturated rings. The van der Waals surface area contributed by atoms with Crippen LogP contribution in [0.15, 0.2) is 11.0 Å². The van der Waals surface area contributed by atoms with Crippen molar-refractivity contribution in [3.8, 4) is 0 Å². The minimum atomic E-state index is -4.99. The Hall–Kier alpha value is -2.43. The van der Waals surface area contributed by atoms with Gasteiger partial charge in [-0.2, -0.15) is 13.2 Å². The number of carbonyl (C=O) groups is 2. The number of amides is 1. The van der Waals surface area contributed by atoms with E-state index < -0.39 is 41.3 Å². The predicted octanol–water partition coefficient (Wildman–Crippen LogP) is 1.34. The van der Waals surface area contributed by atoms with Crippen molar-refractivity contribution < 1.29 is 32.3 Å². The highest BCUT2D eigenvalue weighted by molar-refractivity contribution is 5.75. The second-order valence-corrected chi connectivity index (χ2v) is 6.95. The van der Waals surface area contributed by atoms with Crippen LogP contribution in [-0.4, -0.2) is 57.0 Å². The van der Waals surface area contributed by atoms with Crippen molar-refractivity contribution in [1.82, 2.24) is 9.55 Å². The Labute approximate surface area is 153 Å². The van der Waals surface area contributed by atoms with E-state index in [1.807, 2.05) is 6.92 Å². The number of nitrogens with zero attached hydrogens (tertiary/aromatic N) is 3. The fourth-order valence-corrected chi connectivity index (χ4v) is 3.14. The molecule has 0 atom stereocenters. The average molecular weight is 391 g/mol. The number of alkyl halides is 3. The van der Waals surface area contributed by atoms with Gasteiger partial charge in [0, 0.05) is 11.9 Å². The first-order valence-electron chi connectivity index (χ1n) is 8.46. The molecule has 0 unspecified atom stereocenters. The lowest BCUT2D eigenvalue weighted by Crippen LogP contribution is -2.63. The zero-order valence-electron chi connectivity index (χ0n) is 15.0. The largest absolute Gasteiger partial charge is 0.509 e. The number of quaternary nitrogens is 1. The number of piperidine rings is 1. The number of hydrogen-bond acceptors (Lipinski definition) is 5. The van der Waals surface area contributed by atoms with Crippen LogP contribution < -0.4 is 10.9 Å². The number of carboxylic acid groups (broad SMARTS) is 1. The van der Waals surface area contributed by atoms with E-state index in [9.17, 15) is 27.6 Å². The average Bonchev–Trinajstić information content (AvgIpc) is 2.58. The normalized spacial score (nSPS) is 23.1. The molecule has 1 amide bonds. The first-order valence-corrected chi connectivity index (χ1v) is 8.46. The Kier molecular flexibility index (Phi) is 5.93. The van der Waals surface area contributed by atoms with Crippen molar-refractivity contribution in [2.75, 3.05) is 25.1 Å². The Morgan fingerprint density at radius 1 is 1.37 bits per heavy atom. The smallest absolute Gasteiger partial charge is 0.480 e. The lowest BCUT2D eigenvalue weighted by atomic mass is 9.97. The van der Waals surface area contributed by atoms with Crippen molar-refractivity contribution in [3.63, 3.8) is 0 Å². The maximum absolute atomic E-state index is 13.1. The molecule has 1 aromatic heterocycles. The molecule has 1 aliphatic heterocycles. The van der Waals surface area contributed by atoms with E-state index in [4.69, 9.17) is 5.11 Å². The Bertz CT molecular complexity index is 783. The van der Waals surface area contributed by atoms with E-state index in [1.165, 1.54) is 13.1 Å². The highest BCUT2D eigenvalue weighted by Gasteiger charge is 2.55. The van der Waals surface area contributed by atoms with Crippen LogP contribution in [0.5, 0.6) is 0 Å². The van der Waals surface area contributed by atoms with Gasteiger partial charge in [0.05, 0.1) is 13.1 Å². The first-order chi connectivity index (χ1) is 12.5. The summed E-state index contributed by atoms with van der Waals surface area (Å²) in [6.07, 6.45) is -2.84. The summed E-state index contributed by atoms with van der Waals surface area (Å²) in [5.41, 5.74) is -0.463. The van der Waals surface area contributed by atoms with Crippen LogP contribution in [0.1, 0.15) is 25.5 Å². The van der Waals surface area contributed by atoms with Crippen molar-refractivity contribution in [3.05, 3.63) is 22.2 Å². The second kappa shape index (κ2) is 7.67. The fourth-order valence-electron chi connectivity index (χ4n) is 3.14. The van der Waals surface area contributed by atoms with Gasteiger partial charge in [0.1, 0.15) is 6.54 Å². The van der Waals surface area contributed by atoms with Gasteiger partial charge in [0.25, 0.3) is 5.56 Å². The van der Waals surface area contributed by atoms with E-state index in [2.05, 4.69) is 10.3 Å². The molecule has 2 heterocycles. The molecule has 0 spiro atoms. The molecule has 27 heavy (non-hydrogen) atoms. The van der Waals surface area contributed by atoms with Gasteiger partial charge in [0.15, 0.2) is 12.5 Å². The summed E-state index contributed by atoms with van der Waals surface area (Å²) < 4.78 is 39.4. The molecule has 1 aliphatic rings. The van der Waals surface area contributed by atoms with Gasteiger partial charge in [0.2, 0.25) is 0 Å². The number of aliphatic carboxylic acids is 1. The third kappa shape index (κ3) is 4.65. The molecule has 0 aromatic carbocycles. The summed E-state index contributed by atoms with van der Waals surface area (Å²) in [6, 6.07) is 0. The molecular weight excluding hydrogens is 369 g/mol. The van der Waals surface area contributed by atoms with Gasteiger partial charge in [-0.3, -0.25) is 14.2 Å². The molecule has 1 aromatic rings. The van der Waals surface area contributed by atoms with Crippen LogP contribution in [0.25, 0.3) is 0 Å². The summed E-state index contributed by atoms with van der Waals surface area (Å²) in [4.78, 5) is 39.2. The van der Waals surface area contributed by atoms with Crippen molar-refractivity contribution >= 4 is 17.7 Å². The van der Waals surface area contributed by atoms with Crippen LogP contribution in [0.3, 0.4) is 0 Å². The van der Waals surface area contributed by atoms with Crippen LogP contribution >= 0.6 is 0 Å². The minimum Gasteiger partial charge on any atom is -0.480 e. The number of anilines is 1. The Morgan fingerprint density at radius 2 is 1.96 bits per heavy atom. The number of rotatable bonds is 5. The first kappa shape index (κ1) is 20.9. The van der Waals surface area contributed by atoms with Crippen molar-refractivity contribution in [2.45, 2.75) is 39.4 Å². The summed E-state index contributed by atoms with van der Waals surface area (Å²) in [5, 5.41) is 11.4. The molecule has 2 N–H and O–H groups in total. The molecule has 0 saturated carbocycles. The number of likely N-dealkylation sites (tertiary alicyclic amines) is 1. The number of halogens is 3. The van der Waals surface area contributed by atoms with Crippen LogP contribution in [0.2, 0.25) is 0 Å². The van der Waals surface area contributed by atoms with E-state index in [0.717, 1.165) is 4.57 Å². The maximum Gasteiger partial charge on any atom is 0.509 e. The zero-order valence-corrected chi connectivity index (χ0v) is 15.0. The molecule has 8 nitrogen and oxygen atoms in total. The molecule has 0 bridgehead atoms. The summed E-state index contributed by atoms with van der Waals surface area (Å²) in [5.74, 6) is -3.17. The van der Waals surface area contributed by atoms with E-state index in [1.54, 1.807) is 0 Å². The lowest BCUT2D eigenvalue weighted by Gasteiger charge is -2.40. The highest BCUT2D eigenvalue weighted by Crippen LogP contribution is 2.30. The molecule has 0 aliphatic carbocycles. The molecule has 150 valence electrons. The molecule has 1 saturated heterocycles. The number of carbonyl (C=O) groups excluding carboxylic acids is 1. The monoisotopic (exact) mass is 391 g/mol. The van der Waals surface area contributed by atoms with Crippen LogP contribution in [-0.2, 0) is 16.1 Å². The van der Waals surface area contributed by atoms with Crippen molar-refractivity contribution in [1.29, 1.82) is 0 Å². The topological polar surface area (TPSA) is 101 Å². The van der Waals surface area contributed by atoms with Gasteiger partial charge in [-0.1, -0.05) is 6.92 Å². The van der Waals surface area contributed by atoms with Gasteiger partial charge in [-0.15, -0.1) is 0 Å². The summed E-state index contributed by atoms with van der Waals surface area (Å²) in [7, 11) is 0. The summed E-state index contributed by atoms with van der Waals surface area (Å²) >= 11 is 0. The second-order valence-electron chi connectivity index (χ2n) is 6.95. The number of aromatic nitrogens is 2. The molecule has 2 rings (SSSR count). The van der Waals surface area contributed by atoms with Crippen molar-refractivity contribution in [2.24, 2.45) is 5.92 Å². The van der Waals surface area contributed by atoms with Crippen LogP contribution in [0, 0.1) is 12.8 Å². The lowest BCUT2D eigenvalue weighted by molar-refractivity contribution is -0.862. The number of hydrogen-bond donors (Lipinski definition) is 2. The highest BCUT2D eigenvalue weighted by atomic mass is 19.4. The van der Waals surface area contributed by atoms with Gasteiger partial charge < -0.3 is 10.4 Å². The Morgan fingerprint density at radius 3 is 2.48 bits per heavy atom. The Balaban J connectivity index is 2.29. The summed E-state index contributed by atoms with van der Waals surface area (Å²) in [6.45, 7) is 2.37. The van der Waals surface area contributed by atoms with Crippen LogP contribution in [0.4, 0.5) is 19.0 Å². The fraction of sp³-hybridized carbons (Fsp3) is 0.625. The van der Waals surface area contributed by atoms with Gasteiger partial charge in [-0.05, 0) is 25.7 Å². The van der Waals surface area contributed by atoms with Gasteiger partial charge in [-0.25, -0.2) is 14.3 Å². The third-order valence-corrected chi connectivity index (χ3v) is 4.87. The molecule has 0 radical (unpaired) electrons. The standard InChI is InChI=1S/C16H21F3N4O4/c1-10-3-5-23(6-4-10,15(27)16(17,18)19)9-21-13-14(26)22(8-12(24)25)11(2)7-20-13/h7,10H,3-6,8-9H2,1-2H3,(H-,20,21,24,25)/p+1. The number of aryl methyl sites for hydroxylation is 1. The predicted molar refractivity (Wildman–Crippen MR) is 88.8 cm³/mol. The van der Waals surface area contributed by atoms with E-state index in [-0.39, 0.29) is 24.8 Å². The number of nitrogens with one attached hydrogen (secondary N) is 1. The molecule has 11 heteroatoms.